The number of benzene rings is 2. The van der Waals surface area contributed by atoms with Crippen LogP contribution in [0, 0.1) is 5.92 Å². The molecule has 124 valence electrons. The van der Waals surface area contributed by atoms with Gasteiger partial charge in [0.1, 0.15) is 5.75 Å². The number of hydrogen-bond donors (Lipinski definition) is 1. The van der Waals surface area contributed by atoms with Gasteiger partial charge >= 0.3 is 5.97 Å². The van der Waals surface area contributed by atoms with Crippen LogP contribution in [0.25, 0.3) is 22.0 Å². The predicted molar refractivity (Wildman–Crippen MR) is 95.7 cm³/mol. The number of aromatic nitrogens is 1. The van der Waals surface area contributed by atoms with Crippen molar-refractivity contribution in [2.24, 2.45) is 5.92 Å². The van der Waals surface area contributed by atoms with Gasteiger partial charge in [-0.2, -0.15) is 0 Å². The number of rotatable bonds is 5. The van der Waals surface area contributed by atoms with Crippen LogP contribution in [-0.2, 0) is 6.54 Å². The molecule has 0 aliphatic rings. The molecule has 2 aromatic carbocycles. The van der Waals surface area contributed by atoms with Gasteiger partial charge < -0.3 is 14.4 Å². The molecule has 1 aromatic heterocycles. The lowest BCUT2D eigenvalue weighted by Gasteiger charge is -2.09. The lowest BCUT2D eigenvalue weighted by Crippen LogP contribution is -2.03. The maximum Gasteiger partial charge on any atom is 0.337 e. The van der Waals surface area contributed by atoms with E-state index in [-0.39, 0.29) is 0 Å². The second-order valence-corrected chi connectivity index (χ2v) is 6.35. The SMILES string of the molecule is COc1ccc(-c2ccc3c(C(=O)O)cn(CC(C)C)c3c2)cc1. The summed E-state index contributed by atoms with van der Waals surface area (Å²) in [6, 6.07) is 13.8. The van der Waals surface area contributed by atoms with Gasteiger partial charge in [-0.3, -0.25) is 0 Å². The number of nitrogens with zero attached hydrogens (tertiary/aromatic N) is 1. The highest BCUT2D eigenvalue weighted by molar-refractivity contribution is 6.04. The summed E-state index contributed by atoms with van der Waals surface area (Å²) in [5.41, 5.74) is 3.44. The van der Waals surface area contributed by atoms with Crippen LogP contribution in [0.1, 0.15) is 24.2 Å². The molecule has 0 aliphatic heterocycles. The maximum atomic E-state index is 11.5. The Balaban J connectivity index is 2.12. The standard InChI is InChI=1S/C20H21NO3/c1-13(2)11-21-12-18(20(22)23)17-9-6-15(10-19(17)21)14-4-7-16(24-3)8-5-14/h4-10,12-13H,11H2,1-3H3,(H,22,23). The lowest BCUT2D eigenvalue weighted by molar-refractivity contribution is 0.0698. The second kappa shape index (κ2) is 6.40. The molecule has 0 saturated carbocycles. The van der Waals surface area contributed by atoms with E-state index in [1.165, 1.54) is 0 Å². The van der Waals surface area contributed by atoms with E-state index in [1.54, 1.807) is 13.3 Å². The second-order valence-electron chi connectivity index (χ2n) is 6.35. The van der Waals surface area contributed by atoms with E-state index < -0.39 is 5.97 Å². The topological polar surface area (TPSA) is 51.5 Å². The van der Waals surface area contributed by atoms with Crippen LogP contribution in [0.4, 0.5) is 0 Å². The first-order valence-corrected chi connectivity index (χ1v) is 8.00. The average Bonchev–Trinajstić information content (AvgIpc) is 2.92. The summed E-state index contributed by atoms with van der Waals surface area (Å²) < 4.78 is 7.24. The molecule has 4 nitrogen and oxygen atoms in total. The largest absolute Gasteiger partial charge is 0.497 e. The summed E-state index contributed by atoms with van der Waals surface area (Å²) in [7, 11) is 1.65. The number of aromatic carboxylic acids is 1. The molecule has 0 spiro atoms. The molecule has 0 radical (unpaired) electrons. The van der Waals surface area contributed by atoms with Crippen molar-refractivity contribution in [2.45, 2.75) is 20.4 Å². The van der Waals surface area contributed by atoms with Crippen molar-refractivity contribution >= 4 is 16.9 Å². The van der Waals surface area contributed by atoms with Gasteiger partial charge in [0.25, 0.3) is 0 Å². The van der Waals surface area contributed by atoms with Crippen LogP contribution >= 0.6 is 0 Å². The van der Waals surface area contributed by atoms with Gasteiger partial charge in [-0.05, 0) is 35.2 Å². The van der Waals surface area contributed by atoms with Gasteiger partial charge in [-0.1, -0.05) is 38.1 Å². The molecule has 0 unspecified atom stereocenters. The Morgan fingerprint density at radius 1 is 1.12 bits per heavy atom. The third-order valence-electron chi connectivity index (χ3n) is 4.10. The zero-order valence-electron chi connectivity index (χ0n) is 14.1. The molecule has 0 aliphatic carbocycles. The zero-order chi connectivity index (χ0) is 17.3. The number of carboxylic acid groups (broad SMARTS) is 1. The summed E-state index contributed by atoms with van der Waals surface area (Å²) in [6.07, 6.45) is 1.74. The first-order chi connectivity index (χ1) is 11.5. The van der Waals surface area contributed by atoms with E-state index in [4.69, 9.17) is 4.74 Å². The quantitative estimate of drug-likeness (QED) is 0.742. The number of fused-ring (bicyclic) bond motifs is 1. The summed E-state index contributed by atoms with van der Waals surface area (Å²) >= 11 is 0. The number of carbonyl (C=O) groups is 1. The van der Waals surface area contributed by atoms with Crippen LogP contribution in [0.15, 0.2) is 48.7 Å². The fourth-order valence-electron chi connectivity index (χ4n) is 2.97. The Labute approximate surface area is 141 Å². The Morgan fingerprint density at radius 2 is 1.79 bits per heavy atom. The van der Waals surface area contributed by atoms with Crippen LogP contribution in [-0.4, -0.2) is 22.8 Å². The molecule has 0 fully saturated rings. The van der Waals surface area contributed by atoms with Gasteiger partial charge in [0.2, 0.25) is 0 Å². The normalized spacial score (nSPS) is 11.2. The highest BCUT2D eigenvalue weighted by Crippen LogP contribution is 2.29. The van der Waals surface area contributed by atoms with Crippen molar-refractivity contribution in [1.82, 2.24) is 4.57 Å². The Hall–Kier alpha value is -2.75. The van der Waals surface area contributed by atoms with Crippen molar-refractivity contribution in [3.63, 3.8) is 0 Å². The third-order valence-corrected chi connectivity index (χ3v) is 4.10. The maximum absolute atomic E-state index is 11.5. The number of hydrogen-bond acceptors (Lipinski definition) is 2. The highest BCUT2D eigenvalue weighted by atomic mass is 16.5. The molecule has 0 atom stereocenters. The molecule has 0 saturated heterocycles. The van der Waals surface area contributed by atoms with Crippen molar-refractivity contribution in [3.05, 3.63) is 54.2 Å². The Bertz CT molecular complexity index is 876. The number of carboxylic acids is 1. The average molecular weight is 323 g/mol. The van der Waals surface area contributed by atoms with E-state index in [1.807, 2.05) is 41.0 Å². The van der Waals surface area contributed by atoms with Gasteiger partial charge in [0.05, 0.1) is 12.7 Å². The van der Waals surface area contributed by atoms with Gasteiger partial charge in [0.15, 0.2) is 0 Å². The van der Waals surface area contributed by atoms with Crippen molar-refractivity contribution in [2.75, 3.05) is 7.11 Å². The summed E-state index contributed by atoms with van der Waals surface area (Å²) in [4.78, 5) is 11.5. The van der Waals surface area contributed by atoms with E-state index in [9.17, 15) is 9.90 Å². The smallest absolute Gasteiger partial charge is 0.337 e. The lowest BCUT2D eigenvalue weighted by atomic mass is 10.0. The van der Waals surface area contributed by atoms with Crippen molar-refractivity contribution < 1.29 is 14.6 Å². The first kappa shape index (κ1) is 16.1. The molecule has 0 bridgehead atoms. The minimum absolute atomic E-state index is 0.354. The molecule has 3 aromatic rings. The minimum Gasteiger partial charge on any atom is -0.497 e. The minimum atomic E-state index is -0.889. The van der Waals surface area contributed by atoms with Crippen LogP contribution < -0.4 is 4.74 Å². The predicted octanol–water partition coefficient (Wildman–Crippen LogP) is 4.67. The van der Waals surface area contributed by atoms with E-state index in [2.05, 4.69) is 19.9 Å². The number of methoxy groups -OCH3 is 1. The first-order valence-electron chi connectivity index (χ1n) is 8.00. The molecule has 4 heteroatoms. The monoisotopic (exact) mass is 323 g/mol. The molecule has 24 heavy (non-hydrogen) atoms. The van der Waals surface area contributed by atoms with E-state index >= 15 is 0 Å². The van der Waals surface area contributed by atoms with Gasteiger partial charge in [0, 0.05) is 23.6 Å². The highest BCUT2D eigenvalue weighted by Gasteiger charge is 2.15. The van der Waals surface area contributed by atoms with Crippen LogP contribution in [0.3, 0.4) is 0 Å². The fourth-order valence-corrected chi connectivity index (χ4v) is 2.97. The van der Waals surface area contributed by atoms with Crippen molar-refractivity contribution in [3.8, 4) is 16.9 Å². The van der Waals surface area contributed by atoms with Crippen LogP contribution in [0.2, 0.25) is 0 Å². The van der Waals surface area contributed by atoms with Crippen molar-refractivity contribution in [1.29, 1.82) is 0 Å². The van der Waals surface area contributed by atoms with Crippen LogP contribution in [0.5, 0.6) is 5.75 Å². The van der Waals surface area contributed by atoms with E-state index in [0.29, 0.717) is 11.5 Å². The molecule has 1 N–H and O–H groups in total. The molecular formula is C20H21NO3. The summed E-state index contributed by atoms with van der Waals surface area (Å²) in [5.74, 6) is 0.364. The summed E-state index contributed by atoms with van der Waals surface area (Å²) in [5, 5.41) is 10.2. The third kappa shape index (κ3) is 3.00. The van der Waals surface area contributed by atoms with E-state index in [0.717, 1.165) is 34.3 Å². The molecular weight excluding hydrogens is 302 g/mol. The van der Waals surface area contributed by atoms with Gasteiger partial charge in [-0.15, -0.1) is 0 Å². The molecule has 3 rings (SSSR count). The zero-order valence-corrected chi connectivity index (χ0v) is 14.1. The Morgan fingerprint density at radius 3 is 2.38 bits per heavy atom. The fraction of sp³-hybridized carbons (Fsp3) is 0.250. The molecule has 0 amide bonds. The Kier molecular flexibility index (Phi) is 4.30. The number of ether oxygens (including phenoxy) is 1. The summed E-state index contributed by atoms with van der Waals surface area (Å²) in [6.45, 7) is 5.04. The molecule has 1 heterocycles. The van der Waals surface area contributed by atoms with Gasteiger partial charge in [-0.25, -0.2) is 4.79 Å².